The summed E-state index contributed by atoms with van der Waals surface area (Å²) in [7, 11) is 1.15. The first-order chi connectivity index (χ1) is 7.54. The third-order valence-corrected chi connectivity index (χ3v) is 1.81. The molecule has 0 fully saturated rings. The fraction of sp³-hybridized carbons (Fsp3) is 0.100. The minimum absolute atomic E-state index is 0.116. The highest BCUT2D eigenvalue weighted by molar-refractivity contribution is 6.15. The predicted molar refractivity (Wildman–Crippen MR) is 53.7 cm³/mol. The zero-order valence-electron chi connectivity index (χ0n) is 8.38. The molecule has 0 bridgehead atoms. The Morgan fingerprint density at radius 3 is 2.31 bits per heavy atom. The summed E-state index contributed by atoms with van der Waals surface area (Å²) in [6.45, 7) is 0. The number of benzene rings is 1. The lowest BCUT2D eigenvalue weighted by Gasteiger charge is -1.98. The van der Waals surface area contributed by atoms with E-state index in [0.29, 0.717) is 0 Å². The minimum Gasteiger partial charge on any atom is -0.468 e. The van der Waals surface area contributed by atoms with Gasteiger partial charge in [0.25, 0.3) is 5.69 Å². The van der Waals surface area contributed by atoms with Crippen LogP contribution in [0.1, 0.15) is 10.4 Å². The zero-order valence-corrected chi connectivity index (χ0v) is 8.38. The molecule has 0 saturated heterocycles. The van der Waals surface area contributed by atoms with E-state index in [1.807, 2.05) is 0 Å². The van der Waals surface area contributed by atoms with E-state index in [1.54, 1.807) is 0 Å². The van der Waals surface area contributed by atoms with Gasteiger partial charge in [0.2, 0.25) is 0 Å². The number of non-ortho nitro benzene ring substituents is 1. The predicted octanol–water partition coefficient (Wildman–Crippen LogP) is 1.15. The number of Topliss-reactive ketones (excluding diaryl/α,β-unsaturated/α-hetero) is 1. The van der Waals surface area contributed by atoms with Crippen molar-refractivity contribution in [2.45, 2.75) is 0 Å². The van der Waals surface area contributed by atoms with Crippen molar-refractivity contribution in [3.05, 3.63) is 46.4 Å². The lowest BCUT2D eigenvalue weighted by Crippen LogP contribution is -2.10. The number of carbonyl (C=O) groups excluding carboxylic acids is 2. The number of ketones is 1. The van der Waals surface area contributed by atoms with Gasteiger partial charge in [-0.3, -0.25) is 19.7 Å². The second-order valence-corrected chi connectivity index (χ2v) is 2.84. The Balaban J connectivity index is 2.78. The van der Waals surface area contributed by atoms with Gasteiger partial charge in [-0.25, -0.2) is 0 Å². The molecule has 16 heavy (non-hydrogen) atoms. The largest absolute Gasteiger partial charge is 0.468 e. The van der Waals surface area contributed by atoms with Crippen LogP contribution >= 0.6 is 0 Å². The molecule has 1 radical (unpaired) electrons. The van der Waals surface area contributed by atoms with Crippen molar-refractivity contribution in [3.8, 4) is 0 Å². The average molecular weight is 222 g/mol. The lowest BCUT2D eigenvalue weighted by atomic mass is 10.1. The molecule has 1 rings (SSSR count). The number of nitrogens with zero attached hydrogens (tertiary/aromatic N) is 1. The molecule has 0 atom stereocenters. The molecular weight excluding hydrogens is 214 g/mol. The van der Waals surface area contributed by atoms with Gasteiger partial charge >= 0.3 is 5.97 Å². The van der Waals surface area contributed by atoms with Gasteiger partial charge in [0.1, 0.15) is 6.42 Å². The molecule has 0 N–H and O–H groups in total. The number of hydrogen-bond donors (Lipinski definition) is 0. The van der Waals surface area contributed by atoms with E-state index in [2.05, 4.69) is 4.74 Å². The lowest BCUT2D eigenvalue weighted by molar-refractivity contribution is -0.384. The SMILES string of the molecule is COC(=O)[CH]C(=O)c1ccc([N+](=O)[O-])cc1. The summed E-state index contributed by atoms with van der Waals surface area (Å²) in [6.07, 6.45) is 0.779. The third kappa shape index (κ3) is 2.88. The van der Waals surface area contributed by atoms with Crippen LogP contribution in [0.4, 0.5) is 5.69 Å². The first-order valence-electron chi connectivity index (χ1n) is 4.26. The number of rotatable bonds is 4. The average Bonchev–Trinajstić information content (AvgIpc) is 2.28. The van der Waals surface area contributed by atoms with Crippen LogP contribution in [0.15, 0.2) is 24.3 Å². The van der Waals surface area contributed by atoms with E-state index < -0.39 is 16.7 Å². The summed E-state index contributed by atoms with van der Waals surface area (Å²) in [4.78, 5) is 31.9. The second-order valence-electron chi connectivity index (χ2n) is 2.84. The van der Waals surface area contributed by atoms with Crippen LogP contribution in [0.25, 0.3) is 0 Å². The molecule has 0 aliphatic rings. The van der Waals surface area contributed by atoms with Gasteiger partial charge in [0.15, 0.2) is 5.78 Å². The van der Waals surface area contributed by atoms with Crippen molar-refractivity contribution < 1.29 is 19.2 Å². The van der Waals surface area contributed by atoms with Gasteiger partial charge in [-0.2, -0.15) is 0 Å². The highest BCUT2D eigenvalue weighted by Gasteiger charge is 2.14. The fourth-order valence-electron chi connectivity index (χ4n) is 0.997. The Hall–Kier alpha value is -2.24. The number of methoxy groups -OCH3 is 1. The topological polar surface area (TPSA) is 86.5 Å². The Morgan fingerprint density at radius 1 is 1.31 bits per heavy atom. The zero-order chi connectivity index (χ0) is 12.1. The normalized spacial score (nSPS) is 9.56. The number of hydrogen-bond acceptors (Lipinski definition) is 5. The summed E-state index contributed by atoms with van der Waals surface area (Å²) >= 11 is 0. The fourth-order valence-corrected chi connectivity index (χ4v) is 0.997. The smallest absolute Gasteiger partial charge is 0.317 e. The number of nitro benzene ring substituents is 1. The Bertz CT molecular complexity index is 423. The van der Waals surface area contributed by atoms with Crippen molar-refractivity contribution >= 4 is 17.4 Å². The van der Waals surface area contributed by atoms with Crippen molar-refractivity contribution in [1.29, 1.82) is 0 Å². The molecule has 0 unspecified atom stereocenters. The van der Waals surface area contributed by atoms with Crippen LogP contribution in [0.5, 0.6) is 0 Å². The van der Waals surface area contributed by atoms with E-state index in [9.17, 15) is 19.7 Å². The van der Waals surface area contributed by atoms with E-state index >= 15 is 0 Å². The Labute approximate surface area is 91.0 Å². The van der Waals surface area contributed by atoms with Crippen LogP contribution < -0.4 is 0 Å². The van der Waals surface area contributed by atoms with Crippen LogP contribution in [0.3, 0.4) is 0 Å². The molecule has 6 heteroatoms. The van der Waals surface area contributed by atoms with Crippen LogP contribution in [0, 0.1) is 16.5 Å². The molecular formula is C10H8NO5. The molecule has 0 aliphatic heterocycles. The van der Waals surface area contributed by atoms with Gasteiger partial charge in [-0.15, -0.1) is 0 Å². The highest BCUT2D eigenvalue weighted by Crippen LogP contribution is 2.13. The first-order valence-corrected chi connectivity index (χ1v) is 4.26. The van der Waals surface area contributed by atoms with E-state index in [-0.39, 0.29) is 11.3 Å². The van der Waals surface area contributed by atoms with Crippen LogP contribution in [0.2, 0.25) is 0 Å². The van der Waals surface area contributed by atoms with E-state index in [4.69, 9.17) is 0 Å². The number of carbonyl (C=O) groups is 2. The highest BCUT2D eigenvalue weighted by atomic mass is 16.6. The Morgan fingerprint density at radius 2 is 1.88 bits per heavy atom. The van der Waals surface area contributed by atoms with Crippen molar-refractivity contribution in [2.75, 3.05) is 7.11 Å². The number of ether oxygens (including phenoxy) is 1. The van der Waals surface area contributed by atoms with Crippen molar-refractivity contribution in [2.24, 2.45) is 0 Å². The van der Waals surface area contributed by atoms with Crippen molar-refractivity contribution in [1.82, 2.24) is 0 Å². The summed E-state index contributed by atoms with van der Waals surface area (Å²) < 4.78 is 4.28. The van der Waals surface area contributed by atoms with E-state index in [0.717, 1.165) is 13.5 Å². The summed E-state index contributed by atoms with van der Waals surface area (Å²) in [6, 6.07) is 4.94. The van der Waals surface area contributed by atoms with E-state index in [1.165, 1.54) is 24.3 Å². The quantitative estimate of drug-likeness (QED) is 0.251. The first kappa shape index (κ1) is 11.8. The standard InChI is InChI=1S/C10H8NO5/c1-16-10(13)6-9(12)7-2-4-8(5-3-7)11(14)15/h2-6H,1H3. The van der Waals surface area contributed by atoms with Gasteiger partial charge < -0.3 is 4.74 Å². The molecule has 0 heterocycles. The van der Waals surface area contributed by atoms with Gasteiger partial charge in [-0.05, 0) is 12.1 Å². The maximum atomic E-state index is 11.4. The molecule has 0 amide bonds. The molecule has 0 saturated carbocycles. The summed E-state index contributed by atoms with van der Waals surface area (Å²) in [5.74, 6) is -1.31. The maximum Gasteiger partial charge on any atom is 0.317 e. The molecule has 1 aromatic carbocycles. The summed E-state index contributed by atoms with van der Waals surface area (Å²) in [5, 5.41) is 10.3. The molecule has 83 valence electrons. The monoisotopic (exact) mass is 222 g/mol. The third-order valence-electron chi connectivity index (χ3n) is 1.81. The van der Waals surface area contributed by atoms with Gasteiger partial charge in [-0.1, -0.05) is 0 Å². The molecule has 6 nitrogen and oxygen atoms in total. The van der Waals surface area contributed by atoms with Crippen LogP contribution in [-0.2, 0) is 9.53 Å². The number of nitro groups is 1. The van der Waals surface area contributed by atoms with Gasteiger partial charge in [0.05, 0.1) is 12.0 Å². The number of esters is 1. The van der Waals surface area contributed by atoms with Gasteiger partial charge in [0, 0.05) is 17.7 Å². The maximum absolute atomic E-state index is 11.4. The molecule has 0 aliphatic carbocycles. The molecule has 0 aromatic heterocycles. The summed E-state index contributed by atoms with van der Waals surface area (Å²) in [5.41, 5.74) is 0.0746. The molecule has 1 aromatic rings. The van der Waals surface area contributed by atoms with Crippen molar-refractivity contribution in [3.63, 3.8) is 0 Å². The van der Waals surface area contributed by atoms with Crippen LogP contribution in [-0.4, -0.2) is 23.8 Å². The second kappa shape index (κ2) is 5.01. The minimum atomic E-state index is -0.761. The Kier molecular flexibility index (Phi) is 3.71. The molecule has 0 spiro atoms.